The number of aliphatic hydroxyl groups excluding tert-OH is 1. The molecular weight excluding hydrogens is 330 g/mol. The number of rotatable bonds is 9. The van der Waals surface area contributed by atoms with E-state index in [4.69, 9.17) is 10.2 Å². The number of aliphatic hydroxyl groups is 1. The Labute approximate surface area is 125 Å². The third-order valence-electron chi connectivity index (χ3n) is 2.49. The molecular formula is C13H18BrNO3S. The summed E-state index contributed by atoms with van der Waals surface area (Å²) in [5, 5.41) is 20.8. The van der Waals surface area contributed by atoms with E-state index >= 15 is 0 Å². The Morgan fingerprint density at radius 2 is 2.16 bits per heavy atom. The van der Waals surface area contributed by atoms with E-state index in [0.717, 1.165) is 34.5 Å². The van der Waals surface area contributed by atoms with Gasteiger partial charge in [-0.2, -0.15) is 11.8 Å². The van der Waals surface area contributed by atoms with Gasteiger partial charge in [0.15, 0.2) is 0 Å². The Morgan fingerprint density at radius 1 is 1.37 bits per heavy atom. The number of nitrogens with one attached hydrogen (secondary N) is 1. The zero-order valence-electron chi connectivity index (χ0n) is 10.6. The zero-order chi connectivity index (χ0) is 14.1. The summed E-state index contributed by atoms with van der Waals surface area (Å²) in [6.45, 7) is 1.85. The number of carbonyl (C=O) groups is 1. The van der Waals surface area contributed by atoms with Gasteiger partial charge in [0.1, 0.15) is 0 Å². The molecule has 0 aliphatic rings. The van der Waals surface area contributed by atoms with Crippen LogP contribution in [0, 0.1) is 0 Å². The highest BCUT2D eigenvalue weighted by atomic mass is 79.9. The van der Waals surface area contributed by atoms with Crippen LogP contribution in [0.2, 0.25) is 0 Å². The van der Waals surface area contributed by atoms with Gasteiger partial charge in [-0.1, -0.05) is 22.0 Å². The molecule has 0 saturated carbocycles. The minimum Gasteiger partial charge on any atom is -0.478 e. The van der Waals surface area contributed by atoms with Crippen molar-refractivity contribution in [1.29, 1.82) is 0 Å². The monoisotopic (exact) mass is 347 g/mol. The van der Waals surface area contributed by atoms with Crippen LogP contribution in [0.25, 0.3) is 0 Å². The fourth-order valence-corrected chi connectivity index (χ4v) is 2.80. The van der Waals surface area contributed by atoms with Crippen molar-refractivity contribution in [1.82, 2.24) is 5.32 Å². The molecule has 3 N–H and O–H groups in total. The number of benzene rings is 1. The van der Waals surface area contributed by atoms with Gasteiger partial charge in [-0.3, -0.25) is 0 Å². The second kappa shape index (κ2) is 9.36. The van der Waals surface area contributed by atoms with Crippen LogP contribution in [0.5, 0.6) is 0 Å². The fourth-order valence-electron chi connectivity index (χ4n) is 1.46. The first-order valence-corrected chi connectivity index (χ1v) is 8.01. The predicted octanol–water partition coefficient (Wildman–Crippen LogP) is 2.35. The van der Waals surface area contributed by atoms with Crippen LogP contribution < -0.4 is 5.32 Å². The second-order valence-electron chi connectivity index (χ2n) is 3.98. The van der Waals surface area contributed by atoms with Gasteiger partial charge in [0.05, 0.1) is 5.56 Å². The summed E-state index contributed by atoms with van der Waals surface area (Å²) in [5.41, 5.74) is 1.33. The molecule has 0 saturated heterocycles. The number of thioether (sulfide) groups is 1. The number of halogens is 1. The highest BCUT2D eigenvalue weighted by Gasteiger charge is 2.06. The average molecular weight is 348 g/mol. The summed E-state index contributed by atoms with van der Waals surface area (Å²) in [6.07, 6.45) is 0.840. The van der Waals surface area contributed by atoms with Gasteiger partial charge in [0.2, 0.25) is 0 Å². The maximum atomic E-state index is 10.8. The molecule has 0 heterocycles. The smallest absolute Gasteiger partial charge is 0.335 e. The largest absolute Gasteiger partial charge is 0.478 e. The molecule has 1 aromatic carbocycles. The van der Waals surface area contributed by atoms with Crippen molar-refractivity contribution in [2.24, 2.45) is 0 Å². The van der Waals surface area contributed by atoms with Gasteiger partial charge in [0, 0.05) is 29.9 Å². The molecule has 0 fully saturated rings. The van der Waals surface area contributed by atoms with Crippen LogP contribution in [-0.4, -0.2) is 40.8 Å². The van der Waals surface area contributed by atoms with Gasteiger partial charge in [-0.15, -0.1) is 0 Å². The van der Waals surface area contributed by atoms with E-state index in [0.29, 0.717) is 6.54 Å². The lowest BCUT2D eigenvalue weighted by Crippen LogP contribution is -2.17. The summed E-state index contributed by atoms with van der Waals surface area (Å²) in [7, 11) is 0. The first-order chi connectivity index (χ1) is 9.15. The van der Waals surface area contributed by atoms with Gasteiger partial charge in [0.25, 0.3) is 0 Å². The SMILES string of the molecule is O=C(O)c1ccc(CNCCSCCCO)c(Br)c1. The Morgan fingerprint density at radius 3 is 2.79 bits per heavy atom. The standard InChI is InChI=1S/C13H18BrNO3S/c14-12-8-10(13(17)18)2-3-11(12)9-15-4-7-19-6-1-5-16/h2-3,8,15-16H,1,4-7,9H2,(H,17,18). The van der Waals surface area contributed by atoms with Gasteiger partial charge in [-0.05, 0) is 29.9 Å². The van der Waals surface area contributed by atoms with Crippen molar-refractivity contribution in [2.75, 3.05) is 24.7 Å². The fraction of sp³-hybridized carbons (Fsp3) is 0.462. The first kappa shape index (κ1) is 16.5. The summed E-state index contributed by atoms with van der Waals surface area (Å²) in [5.74, 6) is 1.07. The molecule has 0 bridgehead atoms. The van der Waals surface area contributed by atoms with Crippen LogP contribution in [0.1, 0.15) is 22.3 Å². The number of carboxylic acid groups (broad SMARTS) is 1. The van der Waals surface area contributed by atoms with Crippen molar-refractivity contribution in [3.05, 3.63) is 33.8 Å². The Kier molecular flexibility index (Phi) is 8.13. The topological polar surface area (TPSA) is 69.6 Å². The number of hydrogen-bond acceptors (Lipinski definition) is 4. The highest BCUT2D eigenvalue weighted by molar-refractivity contribution is 9.10. The lowest BCUT2D eigenvalue weighted by Gasteiger charge is -2.07. The predicted molar refractivity (Wildman–Crippen MR) is 81.8 cm³/mol. The Hall–Kier alpha value is -0.560. The van der Waals surface area contributed by atoms with Crippen LogP contribution in [0.3, 0.4) is 0 Å². The van der Waals surface area contributed by atoms with Gasteiger partial charge in [-0.25, -0.2) is 4.79 Å². The maximum Gasteiger partial charge on any atom is 0.335 e. The van der Waals surface area contributed by atoms with Crippen molar-refractivity contribution < 1.29 is 15.0 Å². The van der Waals surface area contributed by atoms with E-state index in [1.165, 1.54) is 0 Å². The van der Waals surface area contributed by atoms with Gasteiger partial charge >= 0.3 is 5.97 Å². The molecule has 1 rings (SSSR count). The third-order valence-corrected chi connectivity index (χ3v) is 4.29. The molecule has 0 aromatic heterocycles. The Bertz CT molecular complexity index is 415. The summed E-state index contributed by atoms with van der Waals surface area (Å²) in [6, 6.07) is 5.05. The highest BCUT2D eigenvalue weighted by Crippen LogP contribution is 2.18. The summed E-state index contributed by atoms with van der Waals surface area (Å²) >= 11 is 5.19. The minimum atomic E-state index is -0.916. The molecule has 0 radical (unpaired) electrons. The molecule has 19 heavy (non-hydrogen) atoms. The normalized spacial score (nSPS) is 10.6. The molecule has 6 heteroatoms. The van der Waals surface area contributed by atoms with Crippen LogP contribution in [0.4, 0.5) is 0 Å². The quantitative estimate of drug-likeness (QED) is 0.598. The van der Waals surface area contributed by atoms with E-state index in [-0.39, 0.29) is 12.2 Å². The van der Waals surface area contributed by atoms with Crippen molar-refractivity contribution >= 4 is 33.7 Å². The number of aromatic carboxylic acids is 1. The van der Waals surface area contributed by atoms with Crippen molar-refractivity contribution in [3.63, 3.8) is 0 Å². The van der Waals surface area contributed by atoms with Crippen LogP contribution >= 0.6 is 27.7 Å². The lowest BCUT2D eigenvalue weighted by atomic mass is 10.1. The average Bonchev–Trinajstić information content (AvgIpc) is 2.39. The van der Waals surface area contributed by atoms with E-state index < -0.39 is 5.97 Å². The summed E-state index contributed by atoms with van der Waals surface area (Å²) in [4.78, 5) is 10.8. The van der Waals surface area contributed by atoms with E-state index in [2.05, 4.69) is 21.2 Å². The number of hydrogen-bond donors (Lipinski definition) is 3. The third kappa shape index (κ3) is 6.42. The lowest BCUT2D eigenvalue weighted by molar-refractivity contribution is 0.0697. The van der Waals surface area contributed by atoms with Crippen LogP contribution in [0.15, 0.2) is 22.7 Å². The molecule has 0 spiro atoms. The molecule has 4 nitrogen and oxygen atoms in total. The van der Waals surface area contributed by atoms with Crippen molar-refractivity contribution in [2.45, 2.75) is 13.0 Å². The number of carboxylic acids is 1. The molecule has 0 aliphatic carbocycles. The second-order valence-corrected chi connectivity index (χ2v) is 6.06. The molecule has 0 aliphatic heterocycles. The van der Waals surface area contributed by atoms with Crippen molar-refractivity contribution in [3.8, 4) is 0 Å². The van der Waals surface area contributed by atoms with E-state index in [1.54, 1.807) is 12.1 Å². The van der Waals surface area contributed by atoms with Crippen LogP contribution in [-0.2, 0) is 6.54 Å². The molecule has 0 amide bonds. The molecule has 106 valence electrons. The molecule has 1 aromatic rings. The summed E-state index contributed by atoms with van der Waals surface area (Å²) < 4.78 is 0.813. The first-order valence-electron chi connectivity index (χ1n) is 6.06. The molecule has 0 atom stereocenters. The molecule has 0 unspecified atom stereocenters. The Balaban J connectivity index is 2.28. The van der Waals surface area contributed by atoms with E-state index in [9.17, 15) is 4.79 Å². The maximum absolute atomic E-state index is 10.8. The van der Waals surface area contributed by atoms with Gasteiger partial charge < -0.3 is 15.5 Å². The minimum absolute atomic E-state index is 0.253. The van der Waals surface area contributed by atoms with E-state index in [1.807, 2.05) is 17.8 Å². The zero-order valence-corrected chi connectivity index (χ0v) is 13.0.